The van der Waals surface area contributed by atoms with Gasteiger partial charge in [-0.2, -0.15) is 0 Å². The number of rotatable bonds is 9. The lowest BCUT2D eigenvalue weighted by Crippen LogP contribution is -2.30. The predicted octanol–water partition coefficient (Wildman–Crippen LogP) is 2.46. The molecule has 10 heteroatoms. The second-order valence-electron chi connectivity index (χ2n) is 6.78. The quantitative estimate of drug-likeness (QED) is 0.457. The Labute approximate surface area is 184 Å². The van der Waals surface area contributed by atoms with Crippen molar-refractivity contribution in [3.05, 3.63) is 90.0 Å². The molecule has 0 aliphatic heterocycles. The number of nitrogens with one attached hydrogen (secondary N) is 3. The molecule has 0 fully saturated rings. The van der Waals surface area contributed by atoms with E-state index in [1.807, 2.05) is 0 Å². The number of nitrogens with zero attached hydrogens (tertiary/aromatic N) is 1. The molecule has 3 N–H and O–H groups in total. The second-order valence-corrected chi connectivity index (χ2v) is 8.46. The molecule has 0 spiro atoms. The zero-order valence-electron chi connectivity index (χ0n) is 16.9. The fourth-order valence-corrected chi connectivity index (χ4v) is 3.82. The summed E-state index contributed by atoms with van der Waals surface area (Å²) in [5.74, 6) is -1.23. The van der Waals surface area contributed by atoms with Crippen molar-refractivity contribution < 1.29 is 22.4 Å². The second kappa shape index (κ2) is 10.5. The van der Waals surface area contributed by atoms with E-state index in [-0.39, 0.29) is 35.0 Å². The van der Waals surface area contributed by atoms with E-state index in [9.17, 15) is 22.4 Å². The third-order valence-electron chi connectivity index (χ3n) is 4.38. The first-order chi connectivity index (χ1) is 15.3. The SMILES string of the molecule is O=C(CCNC(=O)c1cccc(S(=O)(=O)Nc2ccc(F)cc2)c1)NCc1ccncc1. The van der Waals surface area contributed by atoms with Gasteiger partial charge in [0.15, 0.2) is 0 Å². The van der Waals surface area contributed by atoms with E-state index in [2.05, 4.69) is 20.3 Å². The molecule has 32 heavy (non-hydrogen) atoms. The first-order valence-corrected chi connectivity index (χ1v) is 11.1. The van der Waals surface area contributed by atoms with Gasteiger partial charge in [-0.05, 0) is 60.2 Å². The summed E-state index contributed by atoms with van der Waals surface area (Å²) in [6.07, 6.45) is 3.33. The molecular formula is C22H21FN4O4S. The van der Waals surface area contributed by atoms with E-state index in [1.54, 1.807) is 24.5 Å². The van der Waals surface area contributed by atoms with Crippen LogP contribution in [0.15, 0.2) is 78.0 Å². The van der Waals surface area contributed by atoms with Crippen LogP contribution in [0, 0.1) is 5.82 Å². The summed E-state index contributed by atoms with van der Waals surface area (Å²) in [6.45, 7) is 0.447. The smallest absolute Gasteiger partial charge is 0.261 e. The number of halogens is 1. The van der Waals surface area contributed by atoms with E-state index in [0.717, 1.165) is 17.7 Å². The highest BCUT2D eigenvalue weighted by molar-refractivity contribution is 7.92. The van der Waals surface area contributed by atoms with Gasteiger partial charge >= 0.3 is 0 Å². The number of amides is 2. The minimum absolute atomic E-state index is 0.0704. The molecular weight excluding hydrogens is 435 g/mol. The molecule has 0 bridgehead atoms. The van der Waals surface area contributed by atoms with Crippen LogP contribution in [0.5, 0.6) is 0 Å². The highest BCUT2D eigenvalue weighted by Gasteiger charge is 2.17. The van der Waals surface area contributed by atoms with Crippen LogP contribution in [0.25, 0.3) is 0 Å². The molecule has 3 aromatic rings. The number of anilines is 1. The molecule has 0 saturated carbocycles. The normalized spacial score (nSPS) is 10.9. The maximum atomic E-state index is 13.0. The molecule has 2 aromatic carbocycles. The van der Waals surface area contributed by atoms with Crippen LogP contribution in [0.1, 0.15) is 22.3 Å². The molecule has 0 saturated heterocycles. The number of carbonyl (C=O) groups is 2. The van der Waals surface area contributed by atoms with Crippen LogP contribution in [-0.2, 0) is 21.4 Å². The highest BCUT2D eigenvalue weighted by atomic mass is 32.2. The van der Waals surface area contributed by atoms with Crippen LogP contribution in [0.3, 0.4) is 0 Å². The molecule has 0 unspecified atom stereocenters. The van der Waals surface area contributed by atoms with Crippen LogP contribution in [0.4, 0.5) is 10.1 Å². The average molecular weight is 456 g/mol. The van der Waals surface area contributed by atoms with Crippen molar-refractivity contribution in [2.24, 2.45) is 0 Å². The van der Waals surface area contributed by atoms with Crippen molar-refractivity contribution in [2.75, 3.05) is 11.3 Å². The summed E-state index contributed by atoms with van der Waals surface area (Å²) in [4.78, 5) is 28.1. The maximum absolute atomic E-state index is 13.0. The van der Waals surface area contributed by atoms with E-state index >= 15 is 0 Å². The Balaban J connectivity index is 1.53. The van der Waals surface area contributed by atoms with Crippen molar-refractivity contribution >= 4 is 27.5 Å². The number of carbonyl (C=O) groups excluding carboxylic acids is 2. The molecule has 0 atom stereocenters. The van der Waals surface area contributed by atoms with Crippen LogP contribution in [0.2, 0.25) is 0 Å². The van der Waals surface area contributed by atoms with Gasteiger partial charge < -0.3 is 10.6 Å². The highest BCUT2D eigenvalue weighted by Crippen LogP contribution is 2.17. The first-order valence-electron chi connectivity index (χ1n) is 9.66. The zero-order chi connectivity index (χ0) is 23.0. The number of hydrogen-bond donors (Lipinski definition) is 3. The molecule has 1 heterocycles. The van der Waals surface area contributed by atoms with Crippen LogP contribution in [-0.4, -0.2) is 31.8 Å². The van der Waals surface area contributed by atoms with E-state index in [1.165, 1.54) is 36.4 Å². The minimum Gasteiger partial charge on any atom is -0.352 e. The Bertz CT molecular complexity index is 1190. The summed E-state index contributed by atoms with van der Waals surface area (Å²) < 4.78 is 40.5. The number of pyridine rings is 1. The van der Waals surface area contributed by atoms with Gasteiger partial charge in [0.05, 0.1) is 4.90 Å². The molecule has 0 aliphatic carbocycles. The maximum Gasteiger partial charge on any atom is 0.261 e. The standard InChI is InChI=1S/C22H21FN4O4S/c23-18-4-6-19(7-5-18)27-32(30,31)20-3-1-2-17(14-20)22(29)25-13-10-21(28)26-15-16-8-11-24-12-9-16/h1-9,11-12,14,27H,10,13,15H2,(H,25,29)(H,26,28). The lowest BCUT2D eigenvalue weighted by Gasteiger charge is -2.10. The predicted molar refractivity (Wildman–Crippen MR) is 117 cm³/mol. The lowest BCUT2D eigenvalue weighted by molar-refractivity contribution is -0.121. The third-order valence-corrected chi connectivity index (χ3v) is 5.76. The molecule has 0 radical (unpaired) electrons. The summed E-state index contributed by atoms with van der Waals surface area (Å²) in [6, 6.07) is 13.9. The van der Waals surface area contributed by atoms with Gasteiger partial charge in [0, 0.05) is 43.2 Å². The largest absolute Gasteiger partial charge is 0.352 e. The van der Waals surface area contributed by atoms with E-state index < -0.39 is 21.7 Å². The fraction of sp³-hybridized carbons (Fsp3) is 0.136. The Hall–Kier alpha value is -3.79. The number of aromatic nitrogens is 1. The van der Waals surface area contributed by atoms with Gasteiger partial charge in [0.2, 0.25) is 5.91 Å². The van der Waals surface area contributed by atoms with Gasteiger partial charge in [-0.3, -0.25) is 19.3 Å². The van der Waals surface area contributed by atoms with Gasteiger partial charge in [0.1, 0.15) is 5.82 Å². The molecule has 2 amide bonds. The topological polar surface area (TPSA) is 117 Å². The van der Waals surface area contributed by atoms with Gasteiger partial charge in [-0.15, -0.1) is 0 Å². The van der Waals surface area contributed by atoms with E-state index in [4.69, 9.17) is 0 Å². The van der Waals surface area contributed by atoms with Crippen molar-refractivity contribution in [1.29, 1.82) is 0 Å². The number of hydrogen-bond acceptors (Lipinski definition) is 5. The molecule has 1 aromatic heterocycles. The van der Waals surface area contributed by atoms with Crippen LogP contribution >= 0.6 is 0 Å². The summed E-state index contributed by atoms with van der Waals surface area (Å²) in [5, 5.41) is 5.33. The van der Waals surface area contributed by atoms with E-state index in [0.29, 0.717) is 6.54 Å². The Morgan fingerprint density at radius 2 is 1.66 bits per heavy atom. The van der Waals surface area contributed by atoms with Gasteiger partial charge in [-0.25, -0.2) is 12.8 Å². The summed E-state index contributed by atoms with van der Waals surface area (Å²) in [7, 11) is -3.97. The molecule has 8 nitrogen and oxygen atoms in total. The first kappa shape index (κ1) is 22.9. The summed E-state index contributed by atoms with van der Waals surface area (Å²) in [5.41, 5.74) is 1.23. The minimum atomic E-state index is -3.97. The van der Waals surface area contributed by atoms with Gasteiger partial charge in [0.25, 0.3) is 15.9 Å². The Kier molecular flexibility index (Phi) is 7.50. The molecule has 0 aliphatic rings. The monoisotopic (exact) mass is 456 g/mol. The van der Waals surface area contributed by atoms with Crippen molar-refractivity contribution in [2.45, 2.75) is 17.9 Å². The molecule has 3 rings (SSSR count). The van der Waals surface area contributed by atoms with Crippen molar-refractivity contribution in [3.8, 4) is 0 Å². The third kappa shape index (κ3) is 6.61. The average Bonchev–Trinajstić information content (AvgIpc) is 2.80. The Morgan fingerprint density at radius 3 is 2.38 bits per heavy atom. The van der Waals surface area contributed by atoms with Crippen molar-refractivity contribution in [3.63, 3.8) is 0 Å². The lowest BCUT2D eigenvalue weighted by atomic mass is 10.2. The zero-order valence-corrected chi connectivity index (χ0v) is 17.7. The van der Waals surface area contributed by atoms with Gasteiger partial charge in [-0.1, -0.05) is 6.07 Å². The summed E-state index contributed by atoms with van der Waals surface area (Å²) >= 11 is 0. The van der Waals surface area contributed by atoms with Crippen LogP contribution < -0.4 is 15.4 Å². The number of sulfonamides is 1. The fourth-order valence-electron chi connectivity index (χ4n) is 2.72. The number of benzene rings is 2. The molecule has 166 valence electrons. The van der Waals surface area contributed by atoms with Crippen molar-refractivity contribution in [1.82, 2.24) is 15.6 Å². The Morgan fingerprint density at radius 1 is 0.938 bits per heavy atom.